The van der Waals surface area contributed by atoms with Crippen molar-refractivity contribution in [1.82, 2.24) is 9.97 Å². The van der Waals surface area contributed by atoms with E-state index in [0.717, 1.165) is 5.69 Å². The van der Waals surface area contributed by atoms with Crippen LogP contribution in [-0.2, 0) is 4.74 Å². The first-order valence-electron chi connectivity index (χ1n) is 7.47. The summed E-state index contributed by atoms with van der Waals surface area (Å²) in [6, 6.07) is 7.22. The molecule has 6 nitrogen and oxygen atoms in total. The molecule has 2 aromatic heterocycles. The van der Waals surface area contributed by atoms with Crippen LogP contribution in [0.5, 0.6) is 0 Å². The Morgan fingerprint density at radius 3 is 2.83 bits per heavy atom. The Bertz CT molecular complexity index is 921. The fourth-order valence-electron chi connectivity index (χ4n) is 2.46. The van der Waals surface area contributed by atoms with Gasteiger partial charge in [0.25, 0.3) is 0 Å². The van der Waals surface area contributed by atoms with E-state index in [-0.39, 0.29) is 6.61 Å². The Kier molecular flexibility index (Phi) is 4.40. The zero-order valence-electron chi connectivity index (χ0n) is 13.5. The van der Waals surface area contributed by atoms with Crippen molar-refractivity contribution in [3.63, 3.8) is 0 Å². The van der Waals surface area contributed by atoms with Gasteiger partial charge >= 0.3 is 5.97 Å². The number of anilines is 2. The minimum Gasteiger partial charge on any atom is -0.462 e. The van der Waals surface area contributed by atoms with Gasteiger partial charge in [0.2, 0.25) is 5.71 Å². The lowest BCUT2D eigenvalue weighted by molar-refractivity contribution is 0.0526. The third-order valence-electron chi connectivity index (χ3n) is 3.41. The standard InChI is InChI=1S/C17H16ClN3O3/c1-4-23-17(22)13-9(2)24-16-14(13)15(19-10(3)20-16)21-12-7-5-6-11(18)8-12/h5-8H,4H2,1-3H3,(H,19,20,21). The maximum atomic E-state index is 12.3. The molecule has 0 saturated carbocycles. The molecule has 0 aliphatic carbocycles. The van der Waals surface area contributed by atoms with E-state index in [2.05, 4.69) is 15.3 Å². The minimum atomic E-state index is -0.463. The van der Waals surface area contributed by atoms with Crippen LogP contribution in [0.15, 0.2) is 28.7 Å². The smallest absolute Gasteiger partial charge is 0.342 e. The Labute approximate surface area is 143 Å². The SMILES string of the molecule is CCOC(=O)c1c(C)oc2nc(C)nc(Nc3cccc(Cl)c3)c12. The Hall–Kier alpha value is -2.60. The van der Waals surface area contributed by atoms with Gasteiger partial charge in [-0.15, -0.1) is 0 Å². The molecule has 0 unspecified atom stereocenters. The Morgan fingerprint density at radius 1 is 1.33 bits per heavy atom. The van der Waals surface area contributed by atoms with Crippen LogP contribution in [0, 0.1) is 13.8 Å². The second-order valence-corrected chi connectivity index (χ2v) is 5.63. The zero-order chi connectivity index (χ0) is 17.3. The van der Waals surface area contributed by atoms with Gasteiger partial charge < -0.3 is 14.5 Å². The molecule has 1 aromatic carbocycles. The summed E-state index contributed by atoms with van der Waals surface area (Å²) >= 11 is 6.02. The van der Waals surface area contributed by atoms with E-state index in [1.807, 2.05) is 12.1 Å². The molecule has 0 atom stereocenters. The number of aromatic nitrogens is 2. The topological polar surface area (TPSA) is 77.2 Å². The van der Waals surface area contributed by atoms with Gasteiger partial charge in [0, 0.05) is 10.7 Å². The number of hydrogen-bond acceptors (Lipinski definition) is 6. The minimum absolute atomic E-state index is 0.273. The van der Waals surface area contributed by atoms with Gasteiger partial charge in [0.05, 0.1) is 12.0 Å². The number of nitrogens with zero attached hydrogens (tertiary/aromatic N) is 2. The fourth-order valence-corrected chi connectivity index (χ4v) is 2.65. The molecule has 0 fully saturated rings. The summed E-state index contributed by atoms with van der Waals surface area (Å²) in [4.78, 5) is 21.0. The Balaban J connectivity index is 2.17. The van der Waals surface area contributed by atoms with Crippen LogP contribution in [-0.4, -0.2) is 22.5 Å². The normalized spacial score (nSPS) is 10.8. The van der Waals surface area contributed by atoms with Gasteiger partial charge in [-0.05, 0) is 39.0 Å². The molecule has 2 heterocycles. The van der Waals surface area contributed by atoms with Crippen LogP contribution in [0.25, 0.3) is 11.1 Å². The number of fused-ring (bicyclic) bond motifs is 1. The largest absolute Gasteiger partial charge is 0.462 e. The molecule has 0 spiro atoms. The first-order valence-corrected chi connectivity index (χ1v) is 7.85. The van der Waals surface area contributed by atoms with Gasteiger partial charge in [-0.2, -0.15) is 4.98 Å². The number of rotatable bonds is 4. The van der Waals surface area contributed by atoms with Crippen molar-refractivity contribution in [2.75, 3.05) is 11.9 Å². The van der Waals surface area contributed by atoms with Crippen molar-refractivity contribution < 1.29 is 13.9 Å². The van der Waals surface area contributed by atoms with E-state index in [1.165, 1.54) is 0 Å². The number of carbonyl (C=O) groups excluding carboxylic acids is 1. The number of carbonyl (C=O) groups is 1. The van der Waals surface area contributed by atoms with Crippen molar-refractivity contribution in [1.29, 1.82) is 0 Å². The molecule has 7 heteroatoms. The third kappa shape index (κ3) is 3.05. The van der Waals surface area contributed by atoms with E-state index >= 15 is 0 Å². The first-order chi connectivity index (χ1) is 11.5. The molecule has 124 valence electrons. The van der Waals surface area contributed by atoms with E-state index < -0.39 is 5.97 Å². The van der Waals surface area contributed by atoms with Crippen LogP contribution < -0.4 is 5.32 Å². The predicted molar refractivity (Wildman–Crippen MR) is 92.0 cm³/mol. The summed E-state index contributed by atoms with van der Waals surface area (Å²) in [5.74, 6) is 0.976. The van der Waals surface area contributed by atoms with E-state index in [0.29, 0.717) is 39.1 Å². The number of benzene rings is 1. The molecule has 0 amide bonds. The highest BCUT2D eigenvalue weighted by Gasteiger charge is 2.24. The number of aryl methyl sites for hydroxylation is 2. The van der Waals surface area contributed by atoms with Crippen LogP contribution in [0.1, 0.15) is 28.9 Å². The molecule has 0 bridgehead atoms. The lowest BCUT2D eigenvalue weighted by atomic mass is 10.1. The number of furan rings is 1. The van der Waals surface area contributed by atoms with Gasteiger partial charge in [-0.1, -0.05) is 17.7 Å². The van der Waals surface area contributed by atoms with Gasteiger partial charge in [0.15, 0.2) is 0 Å². The molecule has 24 heavy (non-hydrogen) atoms. The number of ether oxygens (including phenoxy) is 1. The molecule has 3 aromatic rings. The molecule has 0 aliphatic rings. The lowest BCUT2D eigenvalue weighted by Crippen LogP contribution is -2.07. The van der Waals surface area contributed by atoms with Crippen LogP contribution >= 0.6 is 11.6 Å². The highest BCUT2D eigenvalue weighted by Crippen LogP contribution is 2.32. The van der Waals surface area contributed by atoms with Crippen LogP contribution in [0.4, 0.5) is 11.5 Å². The van der Waals surface area contributed by atoms with Gasteiger partial charge in [0.1, 0.15) is 23.0 Å². The van der Waals surface area contributed by atoms with Crippen molar-refractivity contribution in [3.05, 3.63) is 46.4 Å². The van der Waals surface area contributed by atoms with Crippen molar-refractivity contribution >= 4 is 40.2 Å². The third-order valence-corrected chi connectivity index (χ3v) is 3.64. The molecule has 3 rings (SSSR count). The highest BCUT2D eigenvalue weighted by atomic mass is 35.5. The molecule has 1 N–H and O–H groups in total. The van der Waals surface area contributed by atoms with E-state index in [9.17, 15) is 4.79 Å². The average Bonchev–Trinajstić information content (AvgIpc) is 2.83. The number of esters is 1. The number of nitrogens with one attached hydrogen (secondary N) is 1. The summed E-state index contributed by atoms with van der Waals surface area (Å²) in [5.41, 5.74) is 1.42. The lowest BCUT2D eigenvalue weighted by Gasteiger charge is -2.09. The summed E-state index contributed by atoms with van der Waals surface area (Å²) < 4.78 is 10.8. The maximum Gasteiger partial charge on any atom is 0.342 e. The quantitative estimate of drug-likeness (QED) is 0.705. The van der Waals surface area contributed by atoms with Crippen LogP contribution in [0.3, 0.4) is 0 Å². The monoisotopic (exact) mass is 345 g/mol. The zero-order valence-corrected chi connectivity index (χ0v) is 14.3. The van der Waals surface area contributed by atoms with E-state index in [1.54, 1.807) is 32.9 Å². The number of hydrogen-bond donors (Lipinski definition) is 1. The summed E-state index contributed by atoms with van der Waals surface area (Å²) in [6.45, 7) is 5.48. The first kappa shape index (κ1) is 16.3. The van der Waals surface area contributed by atoms with Gasteiger partial charge in [-0.25, -0.2) is 9.78 Å². The van der Waals surface area contributed by atoms with Crippen molar-refractivity contribution in [2.24, 2.45) is 0 Å². The second-order valence-electron chi connectivity index (χ2n) is 5.19. The maximum absolute atomic E-state index is 12.3. The number of halogens is 1. The van der Waals surface area contributed by atoms with Crippen LogP contribution in [0.2, 0.25) is 5.02 Å². The average molecular weight is 346 g/mol. The Morgan fingerprint density at radius 2 is 2.12 bits per heavy atom. The predicted octanol–water partition coefficient (Wildman–Crippen LogP) is 4.41. The van der Waals surface area contributed by atoms with Crippen molar-refractivity contribution in [3.8, 4) is 0 Å². The second kappa shape index (κ2) is 6.49. The summed E-state index contributed by atoms with van der Waals surface area (Å²) in [6.07, 6.45) is 0. The molecule has 0 radical (unpaired) electrons. The molecular formula is C17H16ClN3O3. The summed E-state index contributed by atoms with van der Waals surface area (Å²) in [7, 11) is 0. The van der Waals surface area contributed by atoms with Crippen molar-refractivity contribution in [2.45, 2.75) is 20.8 Å². The fraction of sp³-hybridized carbons (Fsp3) is 0.235. The van der Waals surface area contributed by atoms with Gasteiger partial charge in [-0.3, -0.25) is 0 Å². The van der Waals surface area contributed by atoms with E-state index in [4.69, 9.17) is 20.8 Å². The molecule has 0 saturated heterocycles. The highest BCUT2D eigenvalue weighted by molar-refractivity contribution is 6.30. The molecular weight excluding hydrogens is 330 g/mol. The molecule has 0 aliphatic heterocycles. The summed E-state index contributed by atoms with van der Waals surface area (Å²) in [5, 5.41) is 4.27.